The highest BCUT2D eigenvalue weighted by Gasteiger charge is 2.29. The van der Waals surface area contributed by atoms with Crippen molar-refractivity contribution in [2.24, 2.45) is 0 Å². The second-order valence-corrected chi connectivity index (χ2v) is 7.19. The zero-order chi connectivity index (χ0) is 17.0. The predicted molar refractivity (Wildman–Crippen MR) is 93.0 cm³/mol. The van der Waals surface area contributed by atoms with Crippen molar-refractivity contribution < 1.29 is 14.9 Å². The number of likely N-dealkylation sites (tertiary alicyclic amines) is 1. The van der Waals surface area contributed by atoms with E-state index in [0.717, 1.165) is 31.8 Å². The Morgan fingerprint density at radius 1 is 1.26 bits per heavy atom. The van der Waals surface area contributed by atoms with Gasteiger partial charge in [0.05, 0.1) is 19.3 Å². The number of nitrogens with zero attached hydrogens (tertiary/aromatic N) is 1. The lowest BCUT2D eigenvalue weighted by Gasteiger charge is -2.25. The average Bonchev–Trinajstić information content (AvgIpc) is 2.71. The molecule has 1 heterocycles. The lowest BCUT2D eigenvalue weighted by molar-refractivity contribution is -0.0255. The smallest absolute Gasteiger partial charge is 0.122 e. The molecule has 1 aromatic carbocycles. The molecule has 1 aliphatic heterocycles. The highest BCUT2D eigenvalue weighted by molar-refractivity contribution is 5.43. The first-order chi connectivity index (χ1) is 10.9. The maximum Gasteiger partial charge on any atom is 0.122 e. The first-order valence-corrected chi connectivity index (χ1v) is 8.61. The zero-order valence-corrected chi connectivity index (χ0v) is 14.9. The van der Waals surface area contributed by atoms with Crippen LogP contribution in [-0.2, 0) is 6.54 Å². The van der Waals surface area contributed by atoms with Crippen LogP contribution in [0.15, 0.2) is 12.1 Å². The van der Waals surface area contributed by atoms with E-state index >= 15 is 0 Å². The summed E-state index contributed by atoms with van der Waals surface area (Å²) in [4.78, 5) is 2.38. The van der Waals surface area contributed by atoms with Crippen molar-refractivity contribution in [1.29, 1.82) is 0 Å². The van der Waals surface area contributed by atoms with E-state index in [1.54, 1.807) is 7.11 Å². The molecule has 2 N–H and O–H groups in total. The molecular weight excluding hydrogens is 290 g/mol. The Balaban J connectivity index is 2.15. The third-order valence-electron chi connectivity index (χ3n) is 5.01. The van der Waals surface area contributed by atoms with Crippen molar-refractivity contribution >= 4 is 0 Å². The molecule has 23 heavy (non-hydrogen) atoms. The molecule has 1 saturated heterocycles. The minimum Gasteiger partial charge on any atom is -0.496 e. The number of aliphatic hydroxyl groups is 2. The van der Waals surface area contributed by atoms with Crippen LogP contribution in [0.4, 0.5) is 0 Å². The van der Waals surface area contributed by atoms with E-state index in [2.05, 4.69) is 37.8 Å². The van der Waals surface area contributed by atoms with Gasteiger partial charge in [0.15, 0.2) is 0 Å². The third kappa shape index (κ3) is 4.46. The van der Waals surface area contributed by atoms with Gasteiger partial charge in [-0.2, -0.15) is 0 Å². The number of hydrogen-bond acceptors (Lipinski definition) is 4. The van der Waals surface area contributed by atoms with Gasteiger partial charge < -0.3 is 14.9 Å². The van der Waals surface area contributed by atoms with E-state index in [0.29, 0.717) is 18.8 Å². The monoisotopic (exact) mass is 321 g/mol. The number of benzene rings is 1. The van der Waals surface area contributed by atoms with Gasteiger partial charge in [0.1, 0.15) is 5.75 Å². The van der Waals surface area contributed by atoms with Gasteiger partial charge in [-0.1, -0.05) is 19.9 Å². The summed E-state index contributed by atoms with van der Waals surface area (Å²) in [6, 6.07) is 4.40. The summed E-state index contributed by atoms with van der Waals surface area (Å²) in [5, 5.41) is 19.7. The SMILES string of the molecule is COc1cc(C)c(CN2CCC[C@](O)(CO)CC2)cc1C(C)C. The van der Waals surface area contributed by atoms with E-state index in [4.69, 9.17) is 4.74 Å². The van der Waals surface area contributed by atoms with Gasteiger partial charge in [0.25, 0.3) is 0 Å². The summed E-state index contributed by atoms with van der Waals surface area (Å²) >= 11 is 0. The highest BCUT2D eigenvalue weighted by Crippen LogP contribution is 2.31. The molecule has 1 aliphatic rings. The Hall–Kier alpha value is -1.10. The molecule has 4 nitrogen and oxygen atoms in total. The van der Waals surface area contributed by atoms with Crippen LogP contribution >= 0.6 is 0 Å². The summed E-state index contributed by atoms with van der Waals surface area (Å²) < 4.78 is 5.52. The second kappa shape index (κ2) is 7.65. The number of hydrogen-bond donors (Lipinski definition) is 2. The molecule has 0 aliphatic carbocycles. The molecular formula is C19H31NO3. The largest absolute Gasteiger partial charge is 0.496 e. The van der Waals surface area contributed by atoms with Crippen molar-refractivity contribution in [2.75, 3.05) is 26.8 Å². The molecule has 130 valence electrons. The van der Waals surface area contributed by atoms with E-state index < -0.39 is 5.60 Å². The van der Waals surface area contributed by atoms with Gasteiger partial charge in [-0.25, -0.2) is 0 Å². The van der Waals surface area contributed by atoms with Gasteiger partial charge in [0.2, 0.25) is 0 Å². The molecule has 0 radical (unpaired) electrons. The Labute approximate surface area is 140 Å². The Kier molecular flexibility index (Phi) is 6.06. The molecule has 2 rings (SSSR count). The second-order valence-electron chi connectivity index (χ2n) is 7.19. The standard InChI is InChI=1S/C19H31NO3/c1-14(2)17-11-16(15(3)10-18(17)23-4)12-20-8-5-6-19(22,13-21)7-9-20/h10-11,14,21-22H,5-9,12-13H2,1-4H3/t19-/m1/s1. The molecule has 1 fully saturated rings. The summed E-state index contributed by atoms with van der Waals surface area (Å²) in [6.07, 6.45) is 2.23. The number of methoxy groups -OCH3 is 1. The van der Waals surface area contributed by atoms with Crippen LogP contribution in [0.25, 0.3) is 0 Å². The average molecular weight is 321 g/mol. The fourth-order valence-corrected chi connectivity index (χ4v) is 3.34. The summed E-state index contributed by atoms with van der Waals surface area (Å²) in [5.41, 5.74) is 2.92. The van der Waals surface area contributed by atoms with Crippen LogP contribution in [-0.4, -0.2) is 47.5 Å². The molecule has 0 amide bonds. The number of aliphatic hydroxyl groups excluding tert-OH is 1. The van der Waals surface area contributed by atoms with E-state index in [1.165, 1.54) is 16.7 Å². The van der Waals surface area contributed by atoms with Crippen molar-refractivity contribution in [3.63, 3.8) is 0 Å². The van der Waals surface area contributed by atoms with Gasteiger partial charge >= 0.3 is 0 Å². The Bertz CT molecular complexity index is 530. The number of ether oxygens (including phenoxy) is 1. The van der Waals surface area contributed by atoms with Crippen LogP contribution in [0.3, 0.4) is 0 Å². The van der Waals surface area contributed by atoms with Gasteiger partial charge in [-0.15, -0.1) is 0 Å². The fourth-order valence-electron chi connectivity index (χ4n) is 3.34. The predicted octanol–water partition coefficient (Wildman–Crippen LogP) is 2.84. The van der Waals surface area contributed by atoms with E-state index in [-0.39, 0.29) is 6.61 Å². The zero-order valence-electron chi connectivity index (χ0n) is 14.9. The Morgan fingerprint density at radius 3 is 2.61 bits per heavy atom. The van der Waals surface area contributed by atoms with Gasteiger partial charge in [0, 0.05) is 13.1 Å². The highest BCUT2D eigenvalue weighted by atomic mass is 16.5. The summed E-state index contributed by atoms with van der Waals surface area (Å²) in [7, 11) is 1.73. The molecule has 0 spiro atoms. The summed E-state index contributed by atoms with van der Waals surface area (Å²) in [6.45, 7) is 9.03. The topological polar surface area (TPSA) is 52.9 Å². The van der Waals surface area contributed by atoms with Crippen molar-refractivity contribution in [1.82, 2.24) is 4.90 Å². The quantitative estimate of drug-likeness (QED) is 0.875. The Morgan fingerprint density at radius 2 is 2.00 bits per heavy atom. The molecule has 4 heteroatoms. The van der Waals surface area contributed by atoms with Crippen molar-refractivity contribution in [3.8, 4) is 5.75 Å². The molecule has 0 unspecified atom stereocenters. The molecule has 0 bridgehead atoms. The fraction of sp³-hybridized carbons (Fsp3) is 0.684. The maximum atomic E-state index is 10.3. The third-order valence-corrected chi connectivity index (χ3v) is 5.01. The van der Waals surface area contributed by atoms with Gasteiger partial charge in [-0.05, 0) is 61.4 Å². The lowest BCUT2D eigenvalue weighted by Crippen LogP contribution is -2.34. The van der Waals surface area contributed by atoms with Crippen LogP contribution < -0.4 is 4.74 Å². The minimum atomic E-state index is -0.896. The molecule has 1 aromatic rings. The number of rotatable bonds is 5. The first-order valence-electron chi connectivity index (χ1n) is 8.61. The molecule has 1 atom stereocenters. The normalized spacial score (nSPS) is 23.1. The van der Waals surface area contributed by atoms with Crippen LogP contribution in [0.1, 0.15) is 55.7 Å². The first kappa shape index (κ1) is 18.2. The number of aryl methyl sites for hydroxylation is 1. The van der Waals surface area contributed by atoms with Crippen LogP contribution in [0.2, 0.25) is 0 Å². The van der Waals surface area contributed by atoms with Crippen molar-refractivity contribution in [3.05, 3.63) is 28.8 Å². The molecule has 0 aromatic heterocycles. The lowest BCUT2D eigenvalue weighted by atomic mass is 9.96. The molecule has 0 saturated carbocycles. The minimum absolute atomic E-state index is 0.139. The van der Waals surface area contributed by atoms with Crippen LogP contribution in [0, 0.1) is 6.92 Å². The maximum absolute atomic E-state index is 10.3. The van der Waals surface area contributed by atoms with E-state index in [9.17, 15) is 10.2 Å². The van der Waals surface area contributed by atoms with Crippen LogP contribution in [0.5, 0.6) is 5.75 Å². The summed E-state index contributed by atoms with van der Waals surface area (Å²) in [5.74, 6) is 1.39. The van der Waals surface area contributed by atoms with E-state index in [1.807, 2.05) is 0 Å². The van der Waals surface area contributed by atoms with Crippen molar-refractivity contribution in [2.45, 2.75) is 58.1 Å². The van der Waals surface area contributed by atoms with Gasteiger partial charge in [-0.3, -0.25) is 4.90 Å².